The summed E-state index contributed by atoms with van der Waals surface area (Å²) in [6.07, 6.45) is 0.833. The molecule has 5 nitrogen and oxygen atoms in total. The second kappa shape index (κ2) is 9.84. The number of phenolic OH excluding ortho intramolecular Hbond substituents is 2. The van der Waals surface area contributed by atoms with Crippen LogP contribution in [0, 0.1) is 7.14 Å². The van der Waals surface area contributed by atoms with E-state index in [4.69, 9.17) is 4.42 Å². The molecule has 1 heterocycles. The number of furan rings is 1. The van der Waals surface area contributed by atoms with Crippen molar-refractivity contribution in [2.75, 3.05) is 0 Å². The van der Waals surface area contributed by atoms with Crippen LogP contribution in [0.5, 0.6) is 11.5 Å². The van der Waals surface area contributed by atoms with Gasteiger partial charge < -0.3 is 14.6 Å². The van der Waals surface area contributed by atoms with E-state index < -0.39 is 0 Å². The second-order valence-electron chi connectivity index (χ2n) is 7.73. The van der Waals surface area contributed by atoms with E-state index in [2.05, 4.69) is 0 Å². The number of aryl methyl sites for hydroxylation is 1. The van der Waals surface area contributed by atoms with E-state index in [9.17, 15) is 19.8 Å². The fraction of sp³-hybridized carbons (Fsp3) is 0.154. The maximum Gasteiger partial charge on any atom is 0.197 e. The third kappa shape index (κ3) is 4.93. The van der Waals surface area contributed by atoms with Gasteiger partial charge in [0.05, 0.1) is 12.7 Å². The Hall–Kier alpha value is -2.40. The van der Waals surface area contributed by atoms with E-state index >= 15 is 0 Å². The third-order valence-electron chi connectivity index (χ3n) is 5.42. The van der Waals surface area contributed by atoms with Crippen LogP contribution < -0.4 is 0 Å². The van der Waals surface area contributed by atoms with Crippen LogP contribution in [0.25, 0.3) is 11.0 Å². The van der Waals surface area contributed by atoms with Gasteiger partial charge in [-0.05, 0) is 75.0 Å². The highest BCUT2D eigenvalue weighted by molar-refractivity contribution is 14.1. The minimum absolute atomic E-state index is 0.0253. The number of Topliss-reactive ketones (excluding diaryl/α,β-unsaturated/α-hetero) is 1. The Morgan fingerprint density at radius 2 is 1.61 bits per heavy atom. The molecule has 4 aromatic rings. The van der Waals surface area contributed by atoms with Gasteiger partial charge >= 0.3 is 0 Å². The van der Waals surface area contributed by atoms with E-state index in [0.29, 0.717) is 47.0 Å². The predicted molar refractivity (Wildman–Crippen MR) is 143 cm³/mol. The maximum atomic E-state index is 13.4. The first-order valence-corrected chi connectivity index (χ1v) is 12.5. The highest BCUT2D eigenvalue weighted by Gasteiger charge is 2.24. The normalized spacial score (nSPS) is 11.1. The Balaban J connectivity index is 1.70. The summed E-state index contributed by atoms with van der Waals surface area (Å²) in [5.74, 6) is 0.343. The number of fused-ring (bicyclic) bond motifs is 1. The van der Waals surface area contributed by atoms with Crippen LogP contribution >= 0.6 is 45.2 Å². The van der Waals surface area contributed by atoms with Gasteiger partial charge in [-0.2, -0.15) is 0 Å². The van der Waals surface area contributed by atoms with Crippen LogP contribution in [0.4, 0.5) is 0 Å². The van der Waals surface area contributed by atoms with Gasteiger partial charge in [0, 0.05) is 35.8 Å². The number of benzene rings is 3. The largest absolute Gasteiger partial charge is 0.508 e. The van der Waals surface area contributed by atoms with Crippen molar-refractivity contribution in [1.29, 1.82) is 0 Å². The quantitative estimate of drug-likeness (QED) is 0.181. The van der Waals surface area contributed by atoms with Gasteiger partial charge in [-0.3, -0.25) is 9.59 Å². The average molecular weight is 666 g/mol. The molecule has 0 saturated carbocycles. The molecular weight excluding hydrogens is 646 g/mol. The topological polar surface area (TPSA) is 87.7 Å². The maximum absolute atomic E-state index is 13.4. The van der Waals surface area contributed by atoms with Crippen LogP contribution in [-0.2, 0) is 24.1 Å². The standard InChI is InChI=1S/C26H20I2O5/c1-2-22-24(25(31)16-10-19(27)26(32)20(28)11-16)18-13-21(30)15(12-23(18)33-22)9-17(29)8-14-6-4-3-5-7-14/h3-7,10-13,30,32H,2,8-9H2,1H3. The first-order valence-electron chi connectivity index (χ1n) is 10.3. The molecule has 0 aliphatic carbocycles. The summed E-state index contributed by atoms with van der Waals surface area (Å²) in [6, 6.07) is 15.9. The minimum atomic E-state index is -0.242. The van der Waals surface area contributed by atoms with Crippen molar-refractivity contribution in [2.24, 2.45) is 0 Å². The van der Waals surface area contributed by atoms with Crippen LogP contribution in [0.2, 0.25) is 0 Å². The lowest BCUT2D eigenvalue weighted by Gasteiger charge is -2.07. The average Bonchev–Trinajstić information content (AvgIpc) is 3.14. The lowest BCUT2D eigenvalue weighted by molar-refractivity contribution is -0.117. The van der Waals surface area contributed by atoms with E-state index in [0.717, 1.165) is 5.56 Å². The predicted octanol–water partition coefficient (Wildman–Crippen LogP) is 6.20. The zero-order valence-corrected chi connectivity index (χ0v) is 22.0. The van der Waals surface area contributed by atoms with Crippen LogP contribution in [0.15, 0.2) is 59.0 Å². The molecule has 33 heavy (non-hydrogen) atoms. The molecule has 0 fully saturated rings. The van der Waals surface area contributed by atoms with Crippen molar-refractivity contribution >= 4 is 67.7 Å². The first kappa shape index (κ1) is 23.7. The molecule has 0 aliphatic rings. The zero-order valence-electron chi connectivity index (χ0n) is 17.7. The summed E-state index contributed by atoms with van der Waals surface area (Å²) in [5.41, 5.74) is 2.66. The van der Waals surface area contributed by atoms with Gasteiger partial charge in [0.1, 0.15) is 28.6 Å². The smallest absolute Gasteiger partial charge is 0.197 e. The van der Waals surface area contributed by atoms with Gasteiger partial charge in [-0.1, -0.05) is 37.3 Å². The van der Waals surface area contributed by atoms with Crippen molar-refractivity contribution in [3.8, 4) is 11.5 Å². The number of carbonyl (C=O) groups is 2. The highest BCUT2D eigenvalue weighted by Crippen LogP contribution is 2.35. The van der Waals surface area contributed by atoms with Crippen molar-refractivity contribution in [2.45, 2.75) is 26.2 Å². The van der Waals surface area contributed by atoms with Gasteiger partial charge in [0.15, 0.2) is 5.78 Å². The van der Waals surface area contributed by atoms with Gasteiger partial charge in [0.2, 0.25) is 0 Å². The highest BCUT2D eigenvalue weighted by atomic mass is 127. The third-order valence-corrected chi connectivity index (χ3v) is 7.07. The summed E-state index contributed by atoms with van der Waals surface area (Å²) >= 11 is 3.98. The minimum Gasteiger partial charge on any atom is -0.508 e. The van der Waals surface area contributed by atoms with Crippen molar-refractivity contribution < 1.29 is 24.2 Å². The van der Waals surface area contributed by atoms with Crippen molar-refractivity contribution in [1.82, 2.24) is 0 Å². The van der Waals surface area contributed by atoms with Gasteiger partial charge in [0.25, 0.3) is 0 Å². The lowest BCUT2D eigenvalue weighted by atomic mass is 9.97. The Morgan fingerprint density at radius 3 is 2.24 bits per heavy atom. The number of phenols is 2. The molecule has 168 valence electrons. The van der Waals surface area contributed by atoms with Crippen molar-refractivity contribution in [3.05, 3.63) is 89.8 Å². The fourth-order valence-corrected chi connectivity index (χ4v) is 5.57. The first-order chi connectivity index (χ1) is 15.8. The number of carbonyl (C=O) groups excluding carboxylic acids is 2. The van der Waals surface area contributed by atoms with Crippen LogP contribution in [-0.4, -0.2) is 21.8 Å². The molecule has 7 heteroatoms. The summed E-state index contributed by atoms with van der Waals surface area (Å²) in [7, 11) is 0. The Bertz CT molecular complexity index is 1350. The lowest BCUT2D eigenvalue weighted by Crippen LogP contribution is -2.07. The number of hydrogen-bond acceptors (Lipinski definition) is 5. The Morgan fingerprint density at radius 1 is 0.939 bits per heavy atom. The number of hydrogen-bond donors (Lipinski definition) is 2. The molecule has 0 aliphatic heterocycles. The van der Waals surface area contributed by atoms with Crippen molar-refractivity contribution in [3.63, 3.8) is 0 Å². The molecule has 2 N–H and O–H groups in total. The Kier molecular flexibility index (Phi) is 7.08. The number of rotatable bonds is 7. The molecule has 3 aromatic carbocycles. The monoisotopic (exact) mass is 666 g/mol. The van der Waals surface area contributed by atoms with Gasteiger partial charge in [-0.25, -0.2) is 0 Å². The molecule has 0 bridgehead atoms. The molecule has 0 saturated heterocycles. The summed E-state index contributed by atoms with van der Waals surface area (Å²) in [5, 5.41) is 21.2. The van der Waals surface area contributed by atoms with E-state index in [1.165, 1.54) is 6.07 Å². The van der Waals surface area contributed by atoms with Crippen LogP contribution in [0.1, 0.15) is 39.7 Å². The van der Waals surface area contributed by atoms with E-state index in [1.807, 2.05) is 82.4 Å². The number of aromatic hydroxyl groups is 2. The molecule has 0 atom stereocenters. The molecule has 0 amide bonds. The summed E-state index contributed by atoms with van der Waals surface area (Å²) in [4.78, 5) is 26.0. The molecule has 0 unspecified atom stereocenters. The fourth-order valence-electron chi connectivity index (χ4n) is 3.80. The molecular formula is C26H20I2O5. The molecule has 4 rings (SSSR count). The molecule has 1 aromatic heterocycles. The van der Waals surface area contributed by atoms with E-state index in [1.54, 1.807) is 18.2 Å². The second-order valence-corrected chi connectivity index (χ2v) is 10.1. The molecule has 0 radical (unpaired) electrons. The zero-order chi connectivity index (χ0) is 23.7. The summed E-state index contributed by atoms with van der Waals surface area (Å²) < 4.78 is 7.13. The van der Waals surface area contributed by atoms with E-state index in [-0.39, 0.29) is 35.9 Å². The SMILES string of the molecule is CCc1oc2cc(CC(=O)Cc3ccccc3)c(O)cc2c1C(=O)c1cc(I)c(O)c(I)c1. The van der Waals surface area contributed by atoms with Gasteiger partial charge in [-0.15, -0.1) is 0 Å². The summed E-state index contributed by atoms with van der Waals surface area (Å²) in [6.45, 7) is 1.89. The van der Waals surface area contributed by atoms with Crippen LogP contribution in [0.3, 0.4) is 0 Å². The number of halogens is 2. The Labute approximate surface area is 218 Å². The molecule has 0 spiro atoms. The number of ketones is 2.